The third-order valence-electron chi connectivity index (χ3n) is 3.08. The molecule has 3 rings (SSSR count). The average molecular weight is 283 g/mol. The third-order valence-corrected chi connectivity index (χ3v) is 3.39. The molecule has 0 bridgehead atoms. The van der Waals surface area contributed by atoms with Crippen molar-refractivity contribution in [1.29, 1.82) is 0 Å². The second-order valence-electron chi connectivity index (χ2n) is 4.42. The maximum Gasteiger partial charge on any atom is 0.195 e. The SMILES string of the molecule is Cc1cccnc1Cn1c(-c2ccccn2)n[nH]c1=S. The Morgan fingerprint density at radius 1 is 1.15 bits per heavy atom. The lowest BCUT2D eigenvalue weighted by Crippen LogP contribution is -2.06. The molecule has 3 aromatic heterocycles. The number of nitrogens with one attached hydrogen (secondary N) is 1. The first-order valence-electron chi connectivity index (χ1n) is 6.23. The van der Waals surface area contributed by atoms with Crippen LogP contribution < -0.4 is 0 Å². The molecule has 0 aliphatic carbocycles. The van der Waals surface area contributed by atoms with Gasteiger partial charge >= 0.3 is 0 Å². The molecule has 0 spiro atoms. The summed E-state index contributed by atoms with van der Waals surface area (Å²) in [7, 11) is 0. The zero-order valence-electron chi connectivity index (χ0n) is 10.9. The van der Waals surface area contributed by atoms with Gasteiger partial charge in [0.1, 0.15) is 5.69 Å². The summed E-state index contributed by atoms with van der Waals surface area (Å²) in [6, 6.07) is 9.67. The molecule has 100 valence electrons. The molecule has 20 heavy (non-hydrogen) atoms. The van der Waals surface area contributed by atoms with Gasteiger partial charge in [0.05, 0.1) is 12.2 Å². The number of hydrogen-bond donors (Lipinski definition) is 1. The summed E-state index contributed by atoms with van der Waals surface area (Å²) in [5.74, 6) is 0.723. The quantitative estimate of drug-likeness (QED) is 0.751. The molecule has 1 N–H and O–H groups in total. The van der Waals surface area contributed by atoms with Gasteiger partial charge in [0.2, 0.25) is 0 Å². The van der Waals surface area contributed by atoms with E-state index in [0.717, 1.165) is 22.8 Å². The van der Waals surface area contributed by atoms with Crippen LogP contribution in [0.2, 0.25) is 0 Å². The van der Waals surface area contributed by atoms with Gasteiger partial charge in [-0.15, -0.1) is 0 Å². The largest absolute Gasteiger partial charge is 0.293 e. The Hall–Kier alpha value is -2.34. The first-order chi connectivity index (χ1) is 9.75. The number of aromatic amines is 1. The van der Waals surface area contributed by atoms with E-state index in [9.17, 15) is 0 Å². The van der Waals surface area contributed by atoms with E-state index in [1.807, 2.05) is 41.8 Å². The molecule has 3 aromatic rings. The molecule has 0 aliphatic rings. The topological polar surface area (TPSA) is 59.4 Å². The molecule has 6 heteroatoms. The Labute approximate surface area is 121 Å². The molecule has 0 fully saturated rings. The van der Waals surface area contributed by atoms with Crippen LogP contribution in [0.25, 0.3) is 11.5 Å². The molecule has 0 saturated heterocycles. The molecular formula is C14H13N5S. The fraction of sp³-hybridized carbons (Fsp3) is 0.143. The molecule has 5 nitrogen and oxygen atoms in total. The Balaban J connectivity index is 2.05. The normalized spacial score (nSPS) is 10.7. The van der Waals surface area contributed by atoms with Crippen LogP contribution in [0.5, 0.6) is 0 Å². The summed E-state index contributed by atoms with van der Waals surface area (Å²) in [5.41, 5.74) is 2.89. The number of H-pyrrole nitrogens is 1. The molecule has 0 radical (unpaired) electrons. The van der Waals surface area contributed by atoms with Crippen molar-refractivity contribution in [2.24, 2.45) is 0 Å². The van der Waals surface area contributed by atoms with E-state index >= 15 is 0 Å². The van der Waals surface area contributed by atoms with Gasteiger partial charge in [0.25, 0.3) is 0 Å². The minimum Gasteiger partial charge on any atom is -0.293 e. The van der Waals surface area contributed by atoms with Crippen LogP contribution >= 0.6 is 12.2 Å². The van der Waals surface area contributed by atoms with E-state index < -0.39 is 0 Å². The first-order valence-corrected chi connectivity index (χ1v) is 6.63. The second-order valence-corrected chi connectivity index (χ2v) is 4.81. The van der Waals surface area contributed by atoms with Crippen molar-refractivity contribution in [3.8, 4) is 11.5 Å². The summed E-state index contributed by atoms with van der Waals surface area (Å²) in [5, 5.41) is 7.09. The summed E-state index contributed by atoms with van der Waals surface area (Å²) in [4.78, 5) is 8.72. The molecule has 0 aliphatic heterocycles. The molecule has 0 saturated carbocycles. The Bertz CT molecular complexity index is 776. The lowest BCUT2D eigenvalue weighted by Gasteiger charge is -2.07. The zero-order chi connectivity index (χ0) is 13.9. The van der Waals surface area contributed by atoms with Crippen LogP contribution in [0.4, 0.5) is 0 Å². The van der Waals surface area contributed by atoms with Crippen LogP contribution in [0.3, 0.4) is 0 Å². The highest BCUT2D eigenvalue weighted by molar-refractivity contribution is 7.71. The highest BCUT2D eigenvalue weighted by Gasteiger charge is 2.11. The molecule has 0 aromatic carbocycles. The molecule has 0 amide bonds. The van der Waals surface area contributed by atoms with Crippen molar-refractivity contribution in [3.05, 3.63) is 58.8 Å². The monoisotopic (exact) mass is 283 g/mol. The molecule has 3 heterocycles. The van der Waals surface area contributed by atoms with Gasteiger partial charge in [0.15, 0.2) is 10.6 Å². The third kappa shape index (κ3) is 2.37. The summed E-state index contributed by atoms with van der Waals surface area (Å²) < 4.78 is 2.48. The van der Waals surface area contributed by atoms with Gasteiger partial charge in [-0.1, -0.05) is 12.1 Å². The van der Waals surface area contributed by atoms with Crippen molar-refractivity contribution >= 4 is 12.2 Å². The fourth-order valence-electron chi connectivity index (χ4n) is 1.99. The predicted octanol–water partition coefficient (Wildman–Crippen LogP) is 2.75. The van der Waals surface area contributed by atoms with Crippen LogP contribution in [-0.4, -0.2) is 24.7 Å². The van der Waals surface area contributed by atoms with Gasteiger partial charge < -0.3 is 0 Å². The van der Waals surface area contributed by atoms with Gasteiger partial charge in [-0.3, -0.25) is 19.6 Å². The van der Waals surface area contributed by atoms with Crippen LogP contribution in [0.15, 0.2) is 42.7 Å². The van der Waals surface area contributed by atoms with Crippen molar-refractivity contribution < 1.29 is 0 Å². The maximum absolute atomic E-state index is 5.30. The van der Waals surface area contributed by atoms with Crippen molar-refractivity contribution in [2.75, 3.05) is 0 Å². The minimum atomic E-state index is 0.565. The number of pyridine rings is 2. The van der Waals surface area contributed by atoms with E-state index in [4.69, 9.17) is 12.2 Å². The summed E-state index contributed by atoms with van der Waals surface area (Å²) >= 11 is 5.30. The standard InChI is InChI=1S/C14H13N5S/c1-10-5-4-8-16-12(10)9-19-13(17-18-14(19)20)11-6-2-3-7-15-11/h2-8H,9H2,1H3,(H,18,20). The van der Waals surface area contributed by atoms with Crippen molar-refractivity contribution in [1.82, 2.24) is 24.7 Å². The number of nitrogens with zero attached hydrogens (tertiary/aromatic N) is 4. The van der Waals surface area contributed by atoms with Crippen LogP contribution in [0.1, 0.15) is 11.3 Å². The van der Waals surface area contributed by atoms with E-state index in [0.29, 0.717) is 11.3 Å². The van der Waals surface area contributed by atoms with Gasteiger partial charge in [-0.25, -0.2) is 0 Å². The number of aryl methyl sites for hydroxylation is 1. The molecule has 0 unspecified atom stereocenters. The average Bonchev–Trinajstić information content (AvgIpc) is 2.84. The Morgan fingerprint density at radius 2 is 2.00 bits per heavy atom. The van der Waals surface area contributed by atoms with Crippen molar-refractivity contribution in [2.45, 2.75) is 13.5 Å². The van der Waals surface area contributed by atoms with Crippen molar-refractivity contribution in [3.63, 3.8) is 0 Å². The van der Waals surface area contributed by atoms with E-state index in [2.05, 4.69) is 20.2 Å². The van der Waals surface area contributed by atoms with E-state index in [-0.39, 0.29) is 0 Å². The number of rotatable bonds is 3. The lowest BCUT2D eigenvalue weighted by atomic mass is 10.2. The van der Waals surface area contributed by atoms with Gasteiger partial charge in [0, 0.05) is 12.4 Å². The predicted molar refractivity (Wildman–Crippen MR) is 78.7 cm³/mol. The van der Waals surface area contributed by atoms with E-state index in [1.165, 1.54) is 0 Å². The van der Waals surface area contributed by atoms with Crippen LogP contribution in [0, 0.1) is 11.7 Å². The highest BCUT2D eigenvalue weighted by Crippen LogP contribution is 2.16. The Kier molecular flexibility index (Phi) is 3.39. The zero-order valence-corrected chi connectivity index (χ0v) is 11.8. The van der Waals surface area contributed by atoms with Crippen LogP contribution in [-0.2, 0) is 6.54 Å². The minimum absolute atomic E-state index is 0.565. The second kappa shape index (κ2) is 5.34. The van der Waals surface area contributed by atoms with E-state index in [1.54, 1.807) is 12.4 Å². The Morgan fingerprint density at radius 3 is 2.75 bits per heavy atom. The number of aromatic nitrogens is 5. The smallest absolute Gasteiger partial charge is 0.195 e. The summed E-state index contributed by atoms with van der Waals surface area (Å²) in [6.45, 7) is 2.61. The fourth-order valence-corrected chi connectivity index (χ4v) is 2.19. The molecule has 0 atom stereocenters. The number of hydrogen-bond acceptors (Lipinski definition) is 4. The molecular weight excluding hydrogens is 270 g/mol. The maximum atomic E-state index is 5.30. The highest BCUT2D eigenvalue weighted by atomic mass is 32.1. The van der Waals surface area contributed by atoms with Gasteiger partial charge in [-0.05, 0) is 42.9 Å². The lowest BCUT2D eigenvalue weighted by molar-refractivity contribution is 0.759. The summed E-state index contributed by atoms with van der Waals surface area (Å²) in [6.07, 6.45) is 3.52. The first kappa shape index (κ1) is 12.7. The van der Waals surface area contributed by atoms with Gasteiger partial charge in [-0.2, -0.15) is 5.10 Å².